The summed E-state index contributed by atoms with van der Waals surface area (Å²) in [4.78, 5) is 20.6. The topological polar surface area (TPSA) is 87.3 Å². The van der Waals surface area contributed by atoms with Crippen LogP contribution in [0.25, 0.3) is 28.4 Å². The first-order chi connectivity index (χ1) is 14.2. The Kier molecular flexibility index (Phi) is 5.29. The summed E-state index contributed by atoms with van der Waals surface area (Å²) in [5.41, 5.74) is 2.43. The van der Waals surface area contributed by atoms with E-state index >= 15 is 0 Å². The molecule has 0 saturated heterocycles. The SMILES string of the molecule is COc1ccc(-c2noc(COC(=O)/C=C/c3cccc4cccnc34)n2)cc1. The van der Waals surface area contributed by atoms with Crippen LogP contribution in [-0.2, 0) is 16.1 Å². The number of hydrogen-bond acceptors (Lipinski definition) is 7. The van der Waals surface area contributed by atoms with E-state index in [1.807, 2.05) is 42.5 Å². The number of esters is 1. The second-order valence-corrected chi connectivity index (χ2v) is 6.10. The summed E-state index contributed by atoms with van der Waals surface area (Å²) in [5, 5.41) is 4.90. The first-order valence-electron chi connectivity index (χ1n) is 8.88. The normalized spacial score (nSPS) is 11.1. The van der Waals surface area contributed by atoms with E-state index in [0.29, 0.717) is 5.82 Å². The molecule has 4 rings (SSSR count). The van der Waals surface area contributed by atoms with Crippen molar-refractivity contribution in [3.05, 3.63) is 78.3 Å². The third-order valence-electron chi connectivity index (χ3n) is 4.22. The second kappa shape index (κ2) is 8.35. The second-order valence-electron chi connectivity index (χ2n) is 6.10. The van der Waals surface area contributed by atoms with Crippen LogP contribution in [0.3, 0.4) is 0 Å². The molecule has 4 aromatic rings. The van der Waals surface area contributed by atoms with Gasteiger partial charge in [-0.05, 0) is 36.4 Å². The van der Waals surface area contributed by atoms with E-state index < -0.39 is 5.97 Å². The molecule has 0 aliphatic heterocycles. The summed E-state index contributed by atoms with van der Waals surface area (Å²) in [6.07, 6.45) is 4.74. The van der Waals surface area contributed by atoms with Gasteiger partial charge in [0.25, 0.3) is 5.89 Å². The molecule has 0 radical (unpaired) electrons. The van der Waals surface area contributed by atoms with E-state index in [1.165, 1.54) is 6.08 Å². The maximum absolute atomic E-state index is 12.0. The van der Waals surface area contributed by atoms with Crippen LogP contribution in [0.5, 0.6) is 5.75 Å². The van der Waals surface area contributed by atoms with Gasteiger partial charge in [0.1, 0.15) is 5.75 Å². The zero-order valence-corrected chi connectivity index (χ0v) is 15.6. The van der Waals surface area contributed by atoms with Gasteiger partial charge in [-0.25, -0.2) is 4.79 Å². The first-order valence-corrected chi connectivity index (χ1v) is 8.88. The number of fused-ring (bicyclic) bond motifs is 1. The highest BCUT2D eigenvalue weighted by Gasteiger charge is 2.10. The Bertz CT molecular complexity index is 1160. The maximum Gasteiger partial charge on any atom is 0.331 e. The standard InChI is InChI=1S/C22H17N3O4/c1-27-18-10-7-17(8-11-18)22-24-19(29-25-22)14-28-20(26)12-9-16-5-2-4-15-6-3-13-23-21(15)16/h2-13H,14H2,1H3/b12-9+. The summed E-state index contributed by atoms with van der Waals surface area (Å²) < 4.78 is 15.4. The Morgan fingerprint density at radius 3 is 2.76 bits per heavy atom. The first kappa shape index (κ1) is 18.4. The molecule has 7 nitrogen and oxygen atoms in total. The fourth-order valence-electron chi connectivity index (χ4n) is 2.77. The molecule has 144 valence electrons. The van der Waals surface area contributed by atoms with Gasteiger partial charge in [-0.2, -0.15) is 4.98 Å². The van der Waals surface area contributed by atoms with Crippen LogP contribution in [0.4, 0.5) is 0 Å². The molecule has 0 unspecified atom stereocenters. The van der Waals surface area contributed by atoms with Crippen molar-refractivity contribution in [2.75, 3.05) is 7.11 Å². The molecule has 0 N–H and O–H groups in total. The number of aromatic nitrogens is 3. The minimum Gasteiger partial charge on any atom is -0.497 e. The number of para-hydroxylation sites is 1. The molecule has 0 aliphatic rings. The minimum atomic E-state index is -0.512. The molecule has 0 spiro atoms. The van der Waals surface area contributed by atoms with Gasteiger partial charge in [0, 0.05) is 28.8 Å². The fourth-order valence-corrected chi connectivity index (χ4v) is 2.77. The van der Waals surface area contributed by atoms with E-state index in [9.17, 15) is 4.79 Å². The highest BCUT2D eigenvalue weighted by molar-refractivity contribution is 5.92. The number of nitrogens with zero attached hydrogens (tertiary/aromatic N) is 3. The van der Waals surface area contributed by atoms with Gasteiger partial charge in [-0.1, -0.05) is 29.4 Å². The molecule has 0 aliphatic carbocycles. The average Bonchev–Trinajstić information content (AvgIpc) is 3.25. The van der Waals surface area contributed by atoms with E-state index in [0.717, 1.165) is 27.8 Å². The molecule has 7 heteroatoms. The number of hydrogen-bond donors (Lipinski definition) is 0. The average molecular weight is 387 g/mol. The summed E-state index contributed by atoms with van der Waals surface area (Å²) >= 11 is 0. The van der Waals surface area contributed by atoms with Gasteiger partial charge >= 0.3 is 5.97 Å². The smallest absolute Gasteiger partial charge is 0.331 e. The zero-order valence-electron chi connectivity index (χ0n) is 15.6. The van der Waals surface area contributed by atoms with Crippen molar-refractivity contribution in [1.29, 1.82) is 0 Å². The Labute approximate surface area is 166 Å². The van der Waals surface area contributed by atoms with Crippen LogP contribution in [0, 0.1) is 0 Å². The lowest BCUT2D eigenvalue weighted by molar-refractivity contribution is -0.139. The molecular weight excluding hydrogens is 370 g/mol. The van der Waals surface area contributed by atoms with Crippen molar-refractivity contribution >= 4 is 22.9 Å². The Morgan fingerprint density at radius 2 is 1.93 bits per heavy atom. The highest BCUT2D eigenvalue weighted by atomic mass is 16.6. The summed E-state index contributed by atoms with van der Waals surface area (Å²) in [6, 6.07) is 16.8. The van der Waals surface area contributed by atoms with E-state index in [1.54, 1.807) is 31.5 Å². The monoisotopic (exact) mass is 387 g/mol. The Morgan fingerprint density at radius 1 is 1.10 bits per heavy atom. The summed E-state index contributed by atoms with van der Waals surface area (Å²) in [6.45, 7) is -0.111. The van der Waals surface area contributed by atoms with E-state index in [4.69, 9.17) is 14.0 Å². The van der Waals surface area contributed by atoms with Crippen molar-refractivity contribution in [2.45, 2.75) is 6.61 Å². The fraction of sp³-hybridized carbons (Fsp3) is 0.0909. The number of carbonyl (C=O) groups excluding carboxylic acids is 1. The molecule has 0 saturated carbocycles. The third kappa shape index (κ3) is 4.30. The van der Waals surface area contributed by atoms with Crippen LogP contribution in [0.15, 0.2) is 71.4 Å². The molecule has 0 fully saturated rings. The number of benzene rings is 2. The van der Waals surface area contributed by atoms with Crippen LogP contribution < -0.4 is 4.74 Å². The minimum absolute atomic E-state index is 0.111. The largest absolute Gasteiger partial charge is 0.497 e. The summed E-state index contributed by atoms with van der Waals surface area (Å²) in [5.74, 6) is 0.849. The van der Waals surface area contributed by atoms with Gasteiger partial charge in [0.15, 0.2) is 6.61 Å². The lowest BCUT2D eigenvalue weighted by Crippen LogP contribution is -2.01. The quantitative estimate of drug-likeness (QED) is 0.364. The molecule has 2 aromatic carbocycles. The third-order valence-corrected chi connectivity index (χ3v) is 4.22. The van der Waals surface area contributed by atoms with Gasteiger partial charge < -0.3 is 14.0 Å². The number of methoxy groups -OCH3 is 1. The summed E-state index contributed by atoms with van der Waals surface area (Å²) in [7, 11) is 1.60. The number of ether oxygens (including phenoxy) is 2. The lowest BCUT2D eigenvalue weighted by atomic mass is 10.1. The molecule has 2 aromatic heterocycles. The molecular formula is C22H17N3O4. The lowest BCUT2D eigenvalue weighted by Gasteiger charge is -2.01. The van der Waals surface area contributed by atoms with E-state index in [-0.39, 0.29) is 12.5 Å². The van der Waals surface area contributed by atoms with E-state index in [2.05, 4.69) is 15.1 Å². The van der Waals surface area contributed by atoms with Crippen molar-refractivity contribution < 1.29 is 18.8 Å². The Hall–Kier alpha value is -4.00. The van der Waals surface area contributed by atoms with Crippen LogP contribution in [0.2, 0.25) is 0 Å². The molecule has 0 bridgehead atoms. The molecule has 0 amide bonds. The predicted molar refractivity (Wildman–Crippen MR) is 107 cm³/mol. The number of rotatable bonds is 6. The van der Waals surface area contributed by atoms with Gasteiger partial charge in [0.2, 0.25) is 5.82 Å². The van der Waals surface area contributed by atoms with Gasteiger partial charge in [-0.3, -0.25) is 4.98 Å². The van der Waals surface area contributed by atoms with Gasteiger partial charge in [0.05, 0.1) is 12.6 Å². The van der Waals surface area contributed by atoms with Crippen LogP contribution in [-0.4, -0.2) is 28.2 Å². The Balaban J connectivity index is 1.38. The molecule has 2 heterocycles. The van der Waals surface area contributed by atoms with Crippen molar-refractivity contribution in [3.63, 3.8) is 0 Å². The molecule has 29 heavy (non-hydrogen) atoms. The molecule has 0 atom stereocenters. The number of pyridine rings is 1. The van der Waals surface area contributed by atoms with Crippen molar-refractivity contribution in [3.8, 4) is 17.1 Å². The predicted octanol–water partition coefficient (Wildman–Crippen LogP) is 4.05. The maximum atomic E-state index is 12.0. The van der Waals surface area contributed by atoms with Crippen LogP contribution >= 0.6 is 0 Å². The highest BCUT2D eigenvalue weighted by Crippen LogP contribution is 2.20. The number of carbonyl (C=O) groups is 1. The van der Waals surface area contributed by atoms with Crippen molar-refractivity contribution in [1.82, 2.24) is 15.1 Å². The van der Waals surface area contributed by atoms with Gasteiger partial charge in [-0.15, -0.1) is 0 Å². The van der Waals surface area contributed by atoms with Crippen molar-refractivity contribution in [2.24, 2.45) is 0 Å². The van der Waals surface area contributed by atoms with Crippen LogP contribution in [0.1, 0.15) is 11.5 Å². The zero-order chi connectivity index (χ0) is 20.1.